The fourth-order valence-electron chi connectivity index (χ4n) is 5.26. The van der Waals surface area contributed by atoms with Gasteiger partial charge in [0.2, 0.25) is 11.8 Å². The van der Waals surface area contributed by atoms with E-state index >= 15 is 0 Å². The third kappa shape index (κ3) is 4.64. The van der Waals surface area contributed by atoms with E-state index in [1.54, 1.807) is 0 Å². The van der Waals surface area contributed by atoms with Crippen LogP contribution in [0.25, 0.3) is 0 Å². The van der Waals surface area contributed by atoms with Gasteiger partial charge in [-0.25, -0.2) is 0 Å². The third-order valence-electron chi connectivity index (χ3n) is 7.01. The summed E-state index contributed by atoms with van der Waals surface area (Å²) in [6.45, 7) is 2.22. The minimum absolute atomic E-state index is 0.0139. The van der Waals surface area contributed by atoms with E-state index in [0.717, 1.165) is 51.5 Å². The maximum Gasteiger partial charge on any atom is 0.242 e. The van der Waals surface area contributed by atoms with Crippen LogP contribution >= 0.6 is 0 Å². The number of nitrogens with zero attached hydrogens (tertiary/aromatic N) is 1. The van der Waals surface area contributed by atoms with Crippen molar-refractivity contribution in [1.82, 2.24) is 15.5 Å². The highest BCUT2D eigenvalue weighted by molar-refractivity contribution is 5.91. The molecule has 1 aromatic rings. The molecule has 0 radical (unpaired) electrons. The molecule has 4 rings (SSSR count). The molecule has 4 N–H and O–H groups in total. The summed E-state index contributed by atoms with van der Waals surface area (Å²) in [6, 6.07) is 10.0. The number of carbonyl (C=O) groups excluding carboxylic acids is 2. The molecule has 2 saturated heterocycles. The molecule has 1 saturated carbocycles. The van der Waals surface area contributed by atoms with E-state index in [9.17, 15) is 9.59 Å². The Hall–Kier alpha value is -1.92. The van der Waals surface area contributed by atoms with Gasteiger partial charge in [-0.05, 0) is 63.0 Å². The van der Waals surface area contributed by atoms with E-state index in [1.165, 1.54) is 5.56 Å². The first-order chi connectivity index (χ1) is 14.1. The Morgan fingerprint density at radius 2 is 1.83 bits per heavy atom. The molecule has 0 aromatic heterocycles. The lowest BCUT2D eigenvalue weighted by atomic mass is 9.86. The Labute approximate surface area is 173 Å². The van der Waals surface area contributed by atoms with Crippen LogP contribution in [0.3, 0.4) is 0 Å². The van der Waals surface area contributed by atoms with Crippen LogP contribution in [0.2, 0.25) is 0 Å². The number of rotatable bonds is 5. The van der Waals surface area contributed by atoms with E-state index in [-0.39, 0.29) is 29.8 Å². The number of likely N-dealkylation sites (tertiary alicyclic amines) is 1. The van der Waals surface area contributed by atoms with E-state index in [1.807, 2.05) is 23.1 Å². The number of nitrogens with two attached hydrogens (primary N) is 1. The first-order valence-electron chi connectivity index (χ1n) is 11.3. The molecule has 0 spiro atoms. The average molecular weight is 399 g/mol. The number of hydrogen-bond acceptors (Lipinski definition) is 4. The first-order valence-corrected chi connectivity index (χ1v) is 11.3. The van der Waals surface area contributed by atoms with Gasteiger partial charge in [0, 0.05) is 25.0 Å². The van der Waals surface area contributed by atoms with Gasteiger partial charge in [-0.1, -0.05) is 30.3 Å². The summed E-state index contributed by atoms with van der Waals surface area (Å²) in [5.74, 6) is 0.792. The molecule has 6 nitrogen and oxygen atoms in total. The predicted molar refractivity (Wildman–Crippen MR) is 113 cm³/mol. The molecule has 0 unspecified atom stereocenters. The highest BCUT2D eigenvalue weighted by Gasteiger charge is 2.41. The highest BCUT2D eigenvalue weighted by atomic mass is 16.2. The summed E-state index contributed by atoms with van der Waals surface area (Å²) in [6.07, 6.45) is 6.86. The lowest BCUT2D eigenvalue weighted by molar-refractivity contribution is -0.140. The predicted octanol–water partition coefficient (Wildman–Crippen LogP) is 1.76. The number of amides is 2. The molecule has 2 aliphatic heterocycles. The molecule has 2 heterocycles. The van der Waals surface area contributed by atoms with Gasteiger partial charge in [0.1, 0.15) is 6.04 Å². The molecule has 6 heteroatoms. The van der Waals surface area contributed by atoms with Crippen LogP contribution < -0.4 is 16.4 Å². The van der Waals surface area contributed by atoms with Crippen molar-refractivity contribution < 1.29 is 9.59 Å². The maximum absolute atomic E-state index is 13.4. The molecule has 3 atom stereocenters. The lowest BCUT2D eigenvalue weighted by Crippen LogP contribution is -2.52. The van der Waals surface area contributed by atoms with Gasteiger partial charge in [-0.3, -0.25) is 9.59 Å². The summed E-state index contributed by atoms with van der Waals surface area (Å²) in [7, 11) is 0. The minimum Gasteiger partial charge on any atom is -0.354 e. The average Bonchev–Trinajstić information content (AvgIpc) is 3.43. The van der Waals surface area contributed by atoms with E-state index in [2.05, 4.69) is 22.8 Å². The topological polar surface area (TPSA) is 87.5 Å². The summed E-state index contributed by atoms with van der Waals surface area (Å²) in [5.41, 5.74) is 7.18. The van der Waals surface area contributed by atoms with Gasteiger partial charge in [0.25, 0.3) is 0 Å². The zero-order valence-corrected chi connectivity index (χ0v) is 17.2. The second-order valence-corrected chi connectivity index (χ2v) is 8.95. The quantitative estimate of drug-likeness (QED) is 0.705. The number of benzene rings is 1. The molecular weight excluding hydrogens is 364 g/mol. The Balaban J connectivity index is 1.36. The van der Waals surface area contributed by atoms with E-state index in [0.29, 0.717) is 25.0 Å². The van der Waals surface area contributed by atoms with Crippen LogP contribution in [-0.4, -0.2) is 54.5 Å². The zero-order chi connectivity index (χ0) is 20.2. The van der Waals surface area contributed by atoms with Crippen molar-refractivity contribution in [3.8, 4) is 0 Å². The largest absolute Gasteiger partial charge is 0.354 e. The summed E-state index contributed by atoms with van der Waals surface area (Å²) in [4.78, 5) is 28.1. The maximum atomic E-state index is 13.4. The van der Waals surface area contributed by atoms with Crippen LogP contribution in [0.1, 0.15) is 56.4 Å². The second kappa shape index (κ2) is 9.26. The Bertz CT molecular complexity index is 702. The van der Waals surface area contributed by atoms with Crippen LogP contribution in [0.15, 0.2) is 30.3 Å². The summed E-state index contributed by atoms with van der Waals surface area (Å²) < 4.78 is 0. The zero-order valence-electron chi connectivity index (χ0n) is 17.2. The lowest BCUT2D eigenvalue weighted by Gasteiger charge is -2.30. The van der Waals surface area contributed by atoms with Crippen molar-refractivity contribution in [3.05, 3.63) is 35.9 Å². The number of hydrogen-bond donors (Lipinski definition) is 3. The van der Waals surface area contributed by atoms with Crippen molar-refractivity contribution in [3.63, 3.8) is 0 Å². The molecule has 1 aromatic carbocycles. The molecule has 158 valence electrons. The Morgan fingerprint density at radius 1 is 1.07 bits per heavy atom. The SMILES string of the molecule is NC1CCC(CNC(=O)[C@@H]2CCCN2C(=O)[C@@H]2NCC[C@H]2c2ccccc2)CC1. The van der Waals surface area contributed by atoms with Crippen molar-refractivity contribution in [2.75, 3.05) is 19.6 Å². The summed E-state index contributed by atoms with van der Waals surface area (Å²) >= 11 is 0. The third-order valence-corrected chi connectivity index (χ3v) is 7.01. The van der Waals surface area contributed by atoms with E-state index in [4.69, 9.17) is 5.73 Å². The molecule has 29 heavy (non-hydrogen) atoms. The van der Waals surface area contributed by atoms with Crippen molar-refractivity contribution in [1.29, 1.82) is 0 Å². The van der Waals surface area contributed by atoms with Gasteiger partial charge in [0.05, 0.1) is 6.04 Å². The standard InChI is InChI=1S/C23H34N4O2/c24-18-10-8-16(9-11-18)15-26-22(28)20-7-4-14-27(20)23(29)21-19(12-13-25-21)17-5-2-1-3-6-17/h1-3,5-6,16,18-21,25H,4,7-15,24H2,(H,26,28)/t16?,18?,19-,20-,21+/m0/s1. The van der Waals surface area contributed by atoms with E-state index < -0.39 is 0 Å². The molecule has 1 aliphatic carbocycles. The molecule has 3 aliphatic rings. The molecule has 3 fully saturated rings. The van der Waals surface area contributed by atoms with Crippen LogP contribution in [-0.2, 0) is 9.59 Å². The second-order valence-electron chi connectivity index (χ2n) is 8.95. The van der Waals surface area contributed by atoms with Crippen LogP contribution in [0.4, 0.5) is 0 Å². The van der Waals surface area contributed by atoms with Crippen molar-refractivity contribution >= 4 is 11.8 Å². The first kappa shape index (κ1) is 20.4. The molecular formula is C23H34N4O2. The normalized spacial score (nSPS) is 32.3. The van der Waals surface area contributed by atoms with Crippen molar-refractivity contribution in [2.45, 2.75) is 69.0 Å². The number of nitrogens with one attached hydrogen (secondary N) is 2. The smallest absolute Gasteiger partial charge is 0.242 e. The molecule has 2 amide bonds. The van der Waals surface area contributed by atoms with Gasteiger partial charge < -0.3 is 21.3 Å². The van der Waals surface area contributed by atoms with Gasteiger partial charge in [0.15, 0.2) is 0 Å². The van der Waals surface area contributed by atoms with Gasteiger partial charge >= 0.3 is 0 Å². The Kier molecular flexibility index (Phi) is 6.50. The minimum atomic E-state index is -0.327. The highest BCUT2D eigenvalue weighted by Crippen LogP contribution is 2.31. The Morgan fingerprint density at radius 3 is 2.59 bits per heavy atom. The summed E-state index contributed by atoms with van der Waals surface area (Å²) in [5, 5.41) is 6.53. The molecule has 0 bridgehead atoms. The van der Waals surface area contributed by atoms with Crippen LogP contribution in [0, 0.1) is 5.92 Å². The van der Waals surface area contributed by atoms with Crippen molar-refractivity contribution in [2.24, 2.45) is 11.7 Å². The fourth-order valence-corrected chi connectivity index (χ4v) is 5.26. The van der Waals surface area contributed by atoms with Crippen LogP contribution in [0.5, 0.6) is 0 Å². The monoisotopic (exact) mass is 398 g/mol. The number of carbonyl (C=O) groups is 2. The fraction of sp³-hybridized carbons (Fsp3) is 0.652. The van der Waals surface area contributed by atoms with Gasteiger partial charge in [-0.15, -0.1) is 0 Å². The van der Waals surface area contributed by atoms with Gasteiger partial charge in [-0.2, -0.15) is 0 Å².